The SMILES string of the molecule is CS(=O)(=O)c1ccc(CNO)cc1. The molecule has 1 aromatic carbocycles. The van der Waals surface area contributed by atoms with Gasteiger partial charge in [-0.15, -0.1) is 0 Å². The molecule has 0 aliphatic rings. The van der Waals surface area contributed by atoms with Crippen LogP contribution in [0.2, 0.25) is 0 Å². The Morgan fingerprint density at radius 1 is 1.31 bits per heavy atom. The first-order chi connectivity index (χ1) is 6.04. The fourth-order valence-corrected chi connectivity index (χ4v) is 1.58. The standard InChI is InChI=1S/C8H11NO3S/c1-13(11,12)8-4-2-7(3-5-8)6-9-10/h2-5,9-10H,6H2,1H3. The molecule has 1 aromatic rings. The quantitative estimate of drug-likeness (QED) is 0.702. The van der Waals surface area contributed by atoms with Gasteiger partial charge in [-0.25, -0.2) is 13.9 Å². The third-order valence-electron chi connectivity index (χ3n) is 1.63. The molecule has 0 atom stereocenters. The van der Waals surface area contributed by atoms with E-state index in [4.69, 9.17) is 5.21 Å². The fourth-order valence-electron chi connectivity index (χ4n) is 0.946. The van der Waals surface area contributed by atoms with Gasteiger partial charge in [0.25, 0.3) is 0 Å². The molecule has 0 radical (unpaired) electrons. The molecule has 0 bridgehead atoms. The molecule has 0 unspecified atom stereocenters. The highest BCUT2D eigenvalue weighted by molar-refractivity contribution is 7.90. The van der Waals surface area contributed by atoms with Crippen molar-refractivity contribution in [3.8, 4) is 0 Å². The zero-order valence-corrected chi connectivity index (χ0v) is 8.00. The van der Waals surface area contributed by atoms with Crippen LogP contribution < -0.4 is 5.48 Å². The molecule has 0 aliphatic heterocycles. The Hall–Kier alpha value is -0.910. The molecular formula is C8H11NO3S. The highest BCUT2D eigenvalue weighted by Gasteiger charge is 2.05. The lowest BCUT2D eigenvalue weighted by molar-refractivity contribution is 0.161. The third kappa shape index (κ3) is 2.80. The molecule has 0 saturated heterocycles. The molecular weight excluding hydrogens is 190 g/mol. The van der Waals surface area contributed by atoms with Gasteiger partial charge in [0.05, 0.1) is 4.90 Å². The summed E-state index contributed by atoms with van der Waals surface area (Å²) in [6.07, 6.45) is 1.16. The highest BCUT2D eigenvalue weighted by atomic mass is 32.2. The Balaban J connectivity index is 2.94. The van der Waals surface area contributed by atoms with E-state index in [0.29, 0.717) is 6.54 Å². The maximum absolute atomic E-state index is 11.0. The number of hydroxylamine groups is 1. The predicted octanol–water partition coefficient (Wildman–Crippen LogP) is 0.569. The maximum atomic E-state index is 11.0. The highest BCUT2D eigenvalue weighted by Crippen LogP contribution is 2.09. The van der Waals surface area contributed by atoms with Crippen LogP contribution in [0, 0.1) is 0 Å². The Morgan fingerprint density at radius 2 is 1.85 bits per heavy atom. The van der Waals surface area contributed by atoms with E-state index < -0.39 is 9.84 Å². The predicted molar refractivity (Wildman–Crippen MR) is 48.2 cm³/mol. The van der Waals surface area contributed by atoms with Crippen LogP contribution in [-0.2, 0) is 16.4 Å². The van der Waals surface area contributed by atoms with E-state index in [2.05, 4.69) is 0 Å². The fraction of sp³-hybridized carbons (Fsp3) is 0.250. The average molecular weight is 201 g/mol. The van der Waals surface area contributed by atoms with E-state index >= 15 is 0 Å². The normalized spacial score (nSPS) is 11.5. The minimum absolute atomic E-state index is 0.286. The van der Waals surface area contributed by atoms with Gasteiger partial charge in [0.1, 0.15) is 0 Å². The van der Waals surface area contributed by atoms with Gasteiger partial charge in [-0.2, -0.15) is 0 Å². The summed E-state index contributed by atoms with van der Waals surface area (Å²) in [4.78, 5) is 0.286. The summed E-state index contributed by atoms with van der Waals surface area (Å²) >= 11 is 0. The summed E-state index contributed by atoms with van der Waals surface area (Å²) in [6.45, 7) is 0.310. The molecule has 0 fully saturated rings. The zero-order valence-electron chi connectivity index (χ0n) is 7.19. The lowest BCUT2D eigenvalue weighted by Crippen LogP contribution is -2.06. The molecule has 0 aliphatic carbocycles. The summed E-state index contributed by atoms with van der Waals surface area (Å²) < 4.78 is 22.1. The van der Waals surface area contributed by atoms with Crippen LogP contribution in [-0.4, -0.2) is 19.9 Å². The zero-order chi connectivity index (χ0) is 9.90. The van der Waals surface area contributed by atoms with E-state index in [1.165, 1.54) is 12.1 Å². The third-order valence-corrected chi connectivity index (χ3v) is 2.76. The molecule has 0 aromatic heterocycles. The number of hydrogen-bond acceptors (Lipinski definition) is 4. The van der Waals surface area contributed by atoms with E-state index in [9.17, 15) is 8.42 Å². The number of nitrogens with one attached hydrogen (secondary N) is 1. The van der Waals surface area contributed by atoms with Crippen LogP contribution >= 0.6 is 0 Å². The lowest BCUT2D eigenvalue weighted by Gasteiger charge is -2.00. The van der Waals surface area contributed by atoms with Gasteiger partial charge in [0, 0.05) is 12.8 Å². The van der Waals surface area contributed by atoms with Gasteiger partial charge in [-0.05, 0) is 17.7 Å². The largest absolute Gasteiger partial charge is 0.316 e. The second kappa shape index (κ2) is 3.87. The van der Waals surface area contributed by atoms with Gasteiger partial charge in [0.15, 0.2) is 9.84 Å². The molecule has 0 spiro atoms. The molecule has 0 heterocycles. The van der Waals surface area contributed by atoms with E-state index in [-0.39, 0.29) is 4.90 Å². The van der Waals surface area contributed by atoms with Crippen molar-refractivity contribution in [2.24, 2.45) is 0 Å². The minimum Gasteiger partial charge on any atom is -0.316 e. The molecule has 0 amide bonds. The van der Waals surface area contributed by atoms with Gasteiger partial charge in [-0.1, -0.05) is 12.1 Å². The number of hydrogen-bond donors (Lipinski definition) is 2. The summed E-state index contributed by atoms with van der Waals surface area (Å²) in [6, 6.07) is 6.34. The molecule has 4 nitrogen and oxygen atoms in total. The Morgan fingerprint density at radius 3 is 2.23 bits per heavy atom. The van der Waals surface area contributed by atoms with Gasteiger partial charge >= 0.3 is 0 Å². The van der Waals surface area contributed by atoms with E-state index in [1.54, 1.807) is 12.1 Å². The van der Waals surface area contributed by atoms with Crippen molar-refractivity contribution in [3.63, 3.8) is 0 Å². The van der Waals surface area contributed by atoms with Gasteiger partial charge < -0.3 is 5.21 Å². The minimum atomic E-state index is -3.12. The van der Waals surface area contributed by atoms with Crippen molar-refractivity contribution in [1.82, 2.24) is 5.48 Å². The smallest absolute Gasteiger partial charge is 0.175 e. The molecule has 1 rings (SSSR count). The Kier molecular flexibility index (Phi) is 3.02. The maximum Gasteiger partial charge on any atom is 0.175 e. The first-order valence-corrected chi connectivity index (χ1v) is 5.59. The molecule has 5 heteroatoms. The lowest BCUT2D eigenvalue weighted by atomic mass is 10.2. The van der Waals surface area contributed by atoms with Crippen LogP contribution in [0.5, 0.6) is 0 Å². The van der Waals surface area contributed by atoms with Crippen molar-refractivity contribution in [2.45, 2.75) is 11.4 Å². The number of benzene rings is 1. The summed E-state index contributed by atoms with van der Waals surface area (Å²) in [5.41, 5.74) is 2.82. The molecule has 2 N–H and O–H groups in total. The van der Waals surface area contributed by atoms with Crippen molar-refractivity contribution in [1.29, 1.82) is 0 Å². The summed E-state index contributed by atoms with van der Waals surface area (Å²) in [5, 5.41) is 8.38. The van der Waals surface area contributed by atoms with Crippen LogP contribution in [0.25, 0.3) is 0 Å². The van der Waals surface area contributed by atoms with Crippen LogP contribution in [0.4, 0.5) is 0 Å². The Labute approximate surface area is 77.1 Å². The van der Waals surface area contributed by atoms with Crippen LogP contribution in [0.3, 0.4) is 0 Å². The van der Waals surface area contributed by atoms with E-state index in [0.717, 1.165) is 11.8 Å². The van der Waals surface area contributed by atoms with Gasteiger partial charge in [-0.3, -0.25) is 0 Å². The summed E-state index contributed by atoms with van der Waals surface area (Å²) in [5.74, 6) is 0. The number of rotatable bonds is 3. The Bertz CT molecular complexity index is 369. The monoisotopic (exact) mass is 201 g/mol. The van der Waals surface area contributed by atoms with Crippen molar-refractivity contribution in [3.05, 3.63) is 29.8 Å². The van der Waals surface area contributed by atoms with E-state index in [1.807, 2.05) is 5.48 Å². The first kappa shape index (κ1) is 10.2. The van der Waals surface area contributed by atoms with Crippen LogP contribution in [0.1, 0.15) is 5.56 Å². The molecule has 13 heavy (non-hydrogen) atoms. The van der Waals surface area contributed by atoms with Gasteiger partial charge in [0.2, 0.25) is 0 Å². The van der Waals surface area contributed by atoms with Crippen molar-refractivity contribution in [2.75, 3.05) is 6.26 Å². The summed E-state index contributed by atoms with van der Waals surface area (Å²) in [7, 11) is -3.12. The second-order valence-electron chi connectivity index (χ2n) is 2.75. The topological polar surface area (TPSA) is 66.4 Å². The molecule has 0 saturated carbocycles. The van der Waals surface area contributed by atoms with Crippen LogP contribution in [0.15, 0.2) is 29.2 Å². The molecule has 72 valence electrons. The van der Waals surface area contributed by atoms with Crippen molar-refractivity contribution >= 4 is 9.84 Å². The average Bonchev–Trinajstić information content (AvgIpc) is 2.04. The number of sulfone groups is 1. The first-order valence-electron chi connectivity index (χ1n) is 3.70. The van der Waals surface area contributed by atoms with Crippen molar-refractivity contribution < 1.29 is 13.6 Å². The second-order valence-corrected chi connectivity index (χ2v) is 4.77.